The van der Waals surface area contributed by atoms with Gasteiger partial charge < -0.3 is 10.0 Å². The molecule has 1 saturated heterocycles. The van der Waals surface area contributed by atoms with Gasteiger partial charge in [-0.3, -0.25) is 10.1 Å². The number of benzene rings is 1. The summed E-state index contributed by atoms with van der Waals surface area (Å²) in [5.74, 6) is 1.29. The lowest BCUT2D eigenvalue weighted by Crippen LogP contribution is -2.35. The van der Waals surface area contributed by atoms with Crippen LogP contribution in [0.4, 0.5) is 11.5 Å². The molecule has 1 aliphatic heterocycles. The van der Waals surface area contributed by atoms with Gasteiger partial charge >= 0.3 is 0 Å². The summed E-state index contributed by atoms with van der Waals surface area (Å²) < 4.78 is 0. The Morgan fingerprint density at radius 3 is 2.71 bits per heavy atom. The number of pyridine rings is 1. The molecule has 1 fully saturated rings. The predicted molar refractivity (Wildman–Crippen MR) is 80.4 cm³/mol. The largest absolute Gasteiger partial charge is 0.396 e. The van der Waals surface area contributed by atoms with E-state index in [1.54, 1.807) is 12.1 Å². The maximum Gasteiger partial charge on any atom is 0.270 e. The molecule has 6 heteroatoms. The molecule has 1 aromatic carbocycles. The molecule has 110 valence electrons. The number of anilines is 1. The van der Waals surface area contributed by atoms with Crippen molar-refractivity contribution in [3.8, 4) is 0 Å². The lowest BCUT2D eigenvalue weighted by molar-refractivity contribution is -0.384. The third-order valence-corrected chi connectivity index (χ3v) is 4.07. The van der Waals surface area contributed by atoms with E-state index in [0.717, 1.165) is 42.7 Å². The molecule has 1 N–H and O–H groups in total. The highest BCUT2D eigenvalue weighted by molar-refractivity contribution is 5.82. The topological polar surface area (TPSA) is 79.5 Å². The van der Waals surface area contributed by atoms with Gasteiger partial charge in [0.2, 0.25) is 0 Å². The average Bonchev–Trinajstić information content (AvgIpc) is 2.54. The van der Waals surface area contributed by atoms with Crippen LogP contribution in [0, 0.1) is 16.0 Å². The molecule has 6 nitrogen and oxygen atoms in total. The first kappa shape index (κ1) is 13.8. The second-order valence-corrected chi connectivity index (χ2v) is 5.42. The van der Waals surface area contributed by atoms with Crippen LogP contribution in [0.3, 0.4) is 0 Å². The summed E-state index contributed by atoms with van der Waals surface area (Å²) in [5, 5.41) is 20.7. The summed E-state index contributed by atoms with van der Waals surface area (Å²) in [6.45, 7) is 2.02. The summed E-state index contributed by atoms with van der Waals surface area (Å²) in [5.41, 5.74) is 0.850. The number of aromatic nitrogens is 1. The number of hydrogen-bond donors (Lipinski definition) is 1. The number of aliphatic hydroxyl groups excluding tert-OH is 1. The summed E-state index contributed by atoms with van der Waals surface area (Å²) in [6.07, 6.45) is 1.94. The highest BCUT2D eigenvalue weighted by Gasteiger charge is 2.19. The van der Waals surface area contributed by atoms with Crippen LogP contribution in [-0.4, -0.2) is 34.7 Å². The Balaban J connectivity index is 1.85. The molecule has 3 rings (SSSR count). The summed E-state index contributed by atoms with van der Waals surface area (Å²) in [6, 6.07) is 8.51. The van der Waals surface area contributed by atoms with Gasteiger partial charge in [-0.2, -0.15) is 0 Å². The van der Waals surface area contributed by atoms with Gasteiger partial charge in [-0.15, -0.1) is 0 Å². The van der Waals surface area contributed by atoms with E-state index < -0.39 is 4.92 Å². The Morgan fingerprint density at radius 2 is 2.05 bits per heavy atom. The molecular formula is C15H17N3O3. The van der Waals surface area contributed by atoms with Crippen LogP contribution in [-0.2, 0) is 0 Å². The standard InChI is InChI=1S/C15H17N3O3/c19-10-11-5-7-17(8-6-11)15-4-1-12-9-13(18(20)21)2-3-14(12)16-15/h1-4,9,11,19H,5-8,10H2. The van der Waals surface area contributed by atoms with E-state index >= 15 is 0 Å². The van der Waals surface area contributed by atoms with Crippen molar-refractivity contribution in [2.75, 3.05) is 24.6 Å². The normalized spacial score (nSPS) is 16.3. The zero-order chi connectivity index (χ0) is 14.8. The molecule has 0 aliphatic carbocycles. The number of piperidine rings is 1. The first-order chi connectivity index (χ1) is 10.2. The monoisotopic (exact) mass is 287 g/mol. The van der Waals surface area contributed by atoms with Crippen molar-refractivity contribution in [2.24, 2.45) is 5.92 Å². The van der Waals surface area contributed by atoms with Crippen molar-refractivity contribution >= 4 is 22.4 Å². The Kier molecular flexibility index (Phi) is 3.70. The summed E-state index contributed by atoms with van der Waals surface area (Å²) in [7, 11) is 0. The van der Waals surface area contributed by atoms with E-state index in [1.165, 1.54) is 6.07 Å². The van der Waals surface area contributed by atoms with Crippen LogP contribution in [0.25, 0.3) is 10.9 Å². The lowest BCUT2D eigenvalue weighted by Gasteiger charge is -2.32. The van der Waals surface area contributed by atoms with Crippen molar-refractivity contribution in [3.05, 3.63) is 40.4 Å². The molecule has 0 spiro atoms. The molecular weight excluding hydrogens is 270 g/mol. The minimum Gasteiger partial charge on any atom is -0.396 e. The number of rotatable bonds is 3. The zero-order valence-corrected chi connectivity index (χ0v) is 11.6. The van der Waals surface area contributed by atoms with E-state index in [1.807, 2.05) is 12.1 Å². The molecule has 0 saturated carbocycles. The van der Waals surface area contributed by atoms with Crippen molar-refractivity contribution in [2.45, 2.75) is 12.8 Å². The molecule has 21 heavy (non-hydrogen) atoms. The van der Waals surface area contributed by atoms with Gasteiger partial charge in [0, 0.05) is 37.2 Å². The fourth-order valence-electron chi connectivity index (χ4n) is 2.74. The maximum absolute atomic E-state index is 10.8. The smallest absolute Gasteiger partial charge is 0.270 e. The number of nitrogens with zero attached hydrogens (tertiary/aromatic N) is 3. The van der Waals surface area contributed by atoms with Gasteiger partial charge in [-0.05, 0) is 37.0 Å². The fraction of sp³-hybridized carbons (Fsp3) is 0.400. The molecule has 0 atom stereocenters. The minimum absolute atomic E-state index is 0.0841. The van der Waals surface area contributed by atoms with Gasteiger partial charge in [0.15, 0.2) is 0 Å². The Bertz CT molecular complexity index is 666. The van der Waals surface area contributed by atoms with Crippen LogP contribution in [0.2, 0.25) is 0 Å². The van der Waals surface area contributed by atoms with Crippen LogP contribution in [0.15, 0.2) is 30.3 Å². The molecule has 0 unspecified atom stereocenters. The SMILES string of the molecule is O=[N+]([O-])c1ccc2nc(N3CCC(CO)CC3)ccc2c1. The second-order valence-electron chi connectivity index (χ2n) is 5.42. The highest BCUT2D eigenvalue weighted by Crippen LogP contribution is 2.25. The first-order valence-corrected chi connectivity index (χ1v) is 7.08. The third kappa shape index (κ3) is 2.80. The molecule has 2 heterocycles. The summed E-state index contributed by atoms with van der Waals surface area (Å²) in [4.78, 5) is 17.2. The average molecular weight is 287 g/mol. The number of aliphatic hydroxyl groups is 1. The number of nitro benzene ring substituents is 1. The Labute approximate surface area is 122 Å². The minimum atomic E-state index is -0.396. The highest BCUT2D eigenvalue weighted by atomic mass is 16.6. The molecule has 0 radical (unpaired) electrons. The second kappa shape index (κ2) is 5.65. The molecule has 2 aromatic rings. The first-order valence-electron chi connectivity index (χ1n) is 7.08. The van der Waals surface area contributed by atoms with E-state index in [9.17, 15) is 15.2 Å². The quantitative estimate of drug-likeness (QED) is 0.692. The van der Waals surface area contributed by atoms with Gasteiger partial charge in [0.25, 0.3) is 5.69 Å². The van der Waals surface area contributed by atoms with Crippen molar-refractivity contribution < 1.29 is 10.0 Å². The molecule has 0 bridgehead atoms. The van der Waals surface area contributed by atoms with Crippen molar-refractivity contribution in [1.82, 2.24) is 4.98 Å². The number of hydrogen-bond acceptors (Lipinski definition) is 5. The molecule has 0 amide bonds. The van der Waals surface area contributed by atoms with Crippen LogP contribution < -0.4 is 4.90 Å². The van der Waals surface area contributed by atoms with Gasteiger partial charge in [-0.1, -0.05) is 0 Å². The predicted octanol–water partition coefficient (Wildman–Crippen LogP) is 2.35. The van der Waals surface area contributed by atoms with E-state index in [0.29, 0.717) is 5.92 Å². The molecule has 1 aromatic heterocycles. The fourth-order valence-corrected chi connectivity index (χ4v) is 2.74. The third-order valence-electron chi connectivity index (χ3n) is 4.07. The van der Waals surface area contributed by atoms with Gasteiger partial charge in [0.05, 0.1) is 10.4 Å². The number of fused-ring (bicyclic) bond motifs is 1. The Hall–Kier alpha value is -2.21. The van der Waals surface area contributed by atoms with Crippen molar-refractivity contribution in [3.63, 3.8) is 0 Å². The van der Waals surface area contributed by atoms with Crippen LogP contribution >= 0.6 is 0 Å². The lowest BCUT2D eigenvalue weighted by atomic mass is 9.98. The molecule has 1 aliphatic rings. The van der Waals surface area contributed by atoms with Gasteiger partial charge in [-0.25, -0.2) is 4.98 Å². The van der Waals surface area contributed by atoms with E-state index in [4.69, 9.17) is 0 Å². The van der Waals surface area contributed by atoms with Crippen molar-refractivity contribution in [1.29, 1.82) is 0 Å². The number of nitro groups is 1. The van der Waals surface area contributed by atoms with Gasteiger partial charge in [0.1, 0.15) is 5.82 Å². The zero-order valence-electron chi connectivity index (χ0n) is 11.6. The Morgan fingerprint density at radius 1 is 1.29 bits per heavy atom. The number of non-ortho nitro benzene ring substituents is 1. The summed E-state index contributed by atoms with van der Waals surface area (Å²) >= 11 is 0. The maximum atomic E-state index is 10.8. The van der Waals surface area contributed by atoms with E-state index in [-0.39, 0.29) is 12.3 Å². The van der Waals surface area contributed by atoms with Crippen LogP contribution in [0.5, 0.6) is 0 Å². The van der Waals surface area contributed by atoms with Crippen LogP contribution in [0.1, 0.15) is 12.8 Å². The van der Waals surface area contributed by atoms with E-state index in [2.05, 4.69) is 9.88 Å².